The molecule has 1 unspecified atom stereocenters. The van der Waals surface area contributed by atoms with Gasteiger partial charge < -0.3 is 25.6 Å². The van der Waals surface area contributed by atoms with Crippen LogP contribution in [0.25, 0.3) is 10.9 Å². The first kappa shape index (κ1) is 29.3. The Labute approximate surface area is 232 Å². The summed E-state index contributed by atoms with van der Waals surface area (Å²) in [4.78, 5) is 57.4. The lowest BCUT2D eigenvalue weighted by Crippen LogP contribution is -2.61. The quantitative estimate of drug-likeness (QED) is 0.474. The number of anilines is 1. The second kappa shape index (κ2) is 11.1. The van der Waals surface area contributed by atoms with Gasteiger partial charge in [-0.1, -0.05) is 24.3 Å². The summed E-state index contributed by atoms with van der Waals surface area (Å²) in [6.45, 7) is 4.27. The summed E-state index contributed by atoms with van der Waals surface area (Å²) in [5, 5.41) is 6.93. The molecule has 1 atom stereocenters. The molecule has 1 aliphatic heterocycles. The highest BCUT2D eigenvalue weighted by Gasteiger charge is 2.39. The van der Waals surface area contributed by atoms with Crippen LogP contribution in [-0.2, 0) is 27.0 Å². The van der Waals surface area contributed by atoms with E-state index in [0.29, 0.717) is 10.9 Å². The molecule has 3 heterocycles. The Balaban J connectivity index is 1.61. The van der Waals surface area contributed by atoms with Gasteiger partial charge in [-0.15, -0.1) is 0 Å². The summed E-state index contributed by atoms with van der Waals surface area (Å²) in [7, 11) is 0. The molecule has 0 spiro atoms. The van der Waals surface area contributed by atoms with Gasteiger partial charge in [-0.25, -0.2) is 9.78 Å². The maximum absolute atomic E-state index is 13.5. The summed E-state index contributed by atoms with van der Waals surface area (Å²) in [5.41, 5.74) is 3.82. The minimum atomic E-state index is -4.74. The average Bonchev–Trinajstić information content (AvgIpc) is 3.25. The fraction of sp³-hybridized carbons (Fsp3) is 0.385. The average molecular weight is 576 g/mol. The molecule has 2 aromatic heterocycles. The van der Waals surface area contributed by atoms with Crippen LogP contribution in [-0.4, -0.2) is 79.7 Å². The van der Waals surface area contributed by atoms with E-state index >= 15 is 0 Å². The summed E-state index contributed by atoms with van der Waals surface area (Å²) in [6.07, 6.45) is -5.46. The van der Waals surface area contributed by atoms with Crippen molar-refractivity contribution in [2.45, 2.75) is 45.1 Å². The molecule has 4 rings (SSSR count). The molecule has 41 heavy (non-hydrogen) atoms. The van der Waals surface area contributed by atoms with E-state index in [-0.39, 0.29) is 37.7 Å². The molecule has 1 saturated heterocycles. The lowest BCUT2D eigenvalue weighted by atomic mass is 10.1. The fourth-order valence-corrected chi connectivity index (χ4v) is 4.32. The molecule has 12 nitrogen and oxygen atoms in total. The number of piperazine rings is 1. The Kier molecular flexibility index (Phi) is 7.90. The number of benzene rings is 1. The topological polar surface area (TPSA) is 153 Å². The van der Waals surface area contributed by atoms with Crippen LogP contribution in [0.5, 0.6) is 0 Å². The minimum absolute atomic E-state index is 0.0264. The smallest absolute Gasteiger partial charge is 0.433 e. The molecule has 15 heteroatoms. The lowest BCUT2D eigenvalue weighted by molar-refractivity contribution is -0.142. The summed E-state index contributed by atoms with van der Waals surface area (Å²) >= 11 is 0. The van der Waals surface area contributed by atoms with E-state index < -0.39 is 47.3 Å². The van der Waals surface area contributed by atoms with Crippen LogP contribution >= 0.6 is 0 Å². The number of para-hydroxylation sites is 1. The Morgan fingerprint density at radius 3 is 2.41 bits per heavy atom. The monoisotopic (exact) mass is 575 g/mol. The van der Waals surface area contributed by atoms with Crippen molar-refractivity contribution >= 4 is 40.5 Å². The van der Waals surface area contributed by atoms with Crippen LogP contribution in [0.4, 0.5) is 23.8 Å². The molecule has 0 radical (unpaired) electrons. The number of pyridine rings is 1. The number of nitrogens with zero attached hydrogens (tertiary/aromatic N) is 5. The van der Waals surface area contributed by atoms with Gasteiger partial charge in [0.25, 0.3) is 5.91 Å². The van der Waals surface area contributed by atoms with Crippen molar-refractivity contribution in [1.29, 1.82) is 0 Å². The first-order valence-electron chi connectivity index (χ1n) is 12.5. The Bertz CT molecular complexity index is 1500. The van der Waals surface area contributed by atoms with E-state index in [1.54, 1.807) is 45.0 Å². The van der Waals surface area contributed by atoms with Gasteiger partial charge in [-0.2, -0.15) is 18.3 Å². The second-order valence-corrected chi connectivity index (χ2v) is 10.3. The van der Waals surface area contributed by atoms with Gasteiger partial charge in [0.1, 0.15) is 29.7 Å². The third-order valence-corrected chi connectivity index (χ3v) is 6.12. The number of alkyl halides is 3. The van der Waals surface area contributed by atoms with Crippen molar-refractivity contribution in [3.05, 3.63) is 53.9 Å². The number of fused-ring (bicyclic) bond motifs is 1. The molecule has 3 N–H and O–H groups in total. The van der Waals surface area contributed by atoms with E-state index in [4.69, 9.17) is 10.5 Å². The van der Waals surface area contributed by atoms with Crippen molar-refractivity contribution in [1.82, 2.24) is 24.6 Å². The molecule has 4 amide bonds. The highest BCUT2D eigenvalue weighted by molar-refractivity contribution is 6.04. The van der Waals surface area contributed by atoms with Crippen LogP contribution < -0.4 is 11.1 Å². The largest absolute Gasteiger partial charge is 0.444 e. The van der Waals surface area contributed by atoms with Gasteiger partial charge in [0, 0.05) is 18.5 Å². The van der Waals surface area contributed by atoms with Crippen molar-refractivity contribution in [2.24, 2.45) is 5.73 Å². The predicted octanol–water partition coefficient (Wildman–Crippen LogP) is 2.64. The Morgan fingerprint density at radius 1 is 1.05 bits per heavy atom. The van der Waals surface area contributed by atoms with Crippen LogP contribution in [0, 0.1) is 0 Å². The zero-order valence-electron chi connectivity index (χ0n) is 22.4. The van der Waals surface area contributed by atoms with Gasteiger partial charge in [0.2, 0.25) is 11.8 Å². The normalized spacial score (nSPS) is 16.0. The summed E-state index contributed by atoms with van der Waals surface area (Å²) < 4.78 is 46.1. The Morgan fingerprint density at radius 2 is 1.76 bits per heavy atom. The van der Waals surface area contributed by atoms with Crippen LogP contribution in [0.1, 0.15) is 37.0 Å². The van der Waals surface area contributed by atoms with E-state index in [2.05, 4.69) is 15.4 Å². The number of ether oxygens (including phenoxy) is 1. The number of primary amides is 1. The molecular formula is C26H28F3N7O5. The fourth-order valence-electron chi connectivity index (χ4n) is 4.32. The number of carbonyl (C=O) groups is 4. The van der Waals surface area contributed by atoms with E-state index in [9.17, 15) is 32.3 Å². The van der Waals surface area contributed by atoms with Gasteiger partial charge in [0.05, 0.1) is 12.1 Å². The number of nitrogens with two attached hydrogens (primary N) is 1. The molecular weight excluding hydrogens is 547 g/mol. The van der Waals surface area contributed by atoms with Crippen LogP contribution in [0.2, 0.25) is 0 Å². The standard InChI is InChI=1S/C26H28F3N7O5/c1-25(2,3)41-24(40)34-11-12-35(17(13-34)23(39)32-19-10-6-9-18(31-19)26(27,28)29)20(37)14-36-16-8-5-4-7-15(16)21(33-36)22(30)38/h4-10,17H,11-14H2,1-3H3,(H2,30,38)(H,31,32,39). The van der Waals surface area contributed by atoms with Crippen LogP contribution in [0.3, 0.4) is 0 Å². The highest BCUT2D eigenvalue weighted by atomic mass is 19.4. The summed E-state index contributed by atoms with van der Waals surface area (Å²) in [6, 6.07) is 8.35. The molecule has 1 aliphatic rings. The van der Waals surface area contributed by atoms with Crippen molar-refractivity contribution < 1.29 is 37.1 Å². The van der Waals surface area contributed by atoms with E-state index in [0.717, 1.165) is 12.1 Å². The number of amides is 4. The molecule has 0 bridgehead atoms. The molecule has 1 fully saturated rings. The number of carbonyl (C=O) groups excluding carboxylic acids is 4. The highest BCUT2D eigenvalue weighted by Crippen LogP contribution is 2.28. The number of aromatic nitrogens is 3. The zero-order valence-corrected chi connectivity index (χ0v) is 22.4. The minimum Gasteiger partial charge on any atom is -0.444 e. The number of hydrogen-bond donors (Lipinski definition) is 2. The predicted molar refractivity (Wildman–Crippen MR) is 139 cm³/mol. The zero-order chi connectivity index (χ0) is 30.1. The molecule has 218 valence electrons. The maximum Gasteiger partial charge on any atom is 0.433 e. The molecule has 1 aromatic carbocycles. The molecule has 3 aromatic rings. The van der Waals surface area contributed by atoms with Gasteiger partial charge in [-0.05, 0) is 39.0 Å². The van der Waals surface area contributed by atoms with Crippen molar-refractivity contribution in [3.8, 4) is 0 Å². The third-order valence-electron chi connectivity index (χ3n) is 6.12. The molecule has 0 aliphatic carbocycles. The van der Waals surface area contributed by atoms with Crippen LogP contribution in [0.15, 0.2) is 42.5 Å². The Hall–Kier alpha value is -4.69. The maximum atomic E-state index is 13.5. The number of nitrogens with one attached hydrogen (secondary N) is 1. The van der Waals surface area contributed by atoms with Gasteiger partial charge in [0.15, 0.2) is 5.69 Å². The third kappa shape index (κ3) is 6.73. The first-order valence-corrected chi connectivity index (χ1v) is 12.5. The van der Waals surface area contributed by atoms with Crippen molar-refractivity contribution in [2.75, 3.05) is 25.0 Å². The van der Waals surface area contributed by atoms with Gasteiger partial charge >= 0.3 is 12.3 Å². The van der Waals surface area contributed by atoms with E-state index in [1.807, 2.05) is 0 Å². The van der Waals surface area contributed by atoms with Crippen molar-refractivity contribution in [3.63, 3.8) is 0 Å². The number of halogens is 3. The lowest BCUT2D eigenvalue weighted by Gasteiger charge is -2.40. The van der Waals surface area contributed by atoms with E-state index in [1.165, 1.54) is 20.5 Å². The number of rotatable bonds is 5. The first-order chi connectivity index (χ1) is 19.1. The molecule has 0 saturated carbocycles. The summed E-state index contributed by atoms with van der Waals surface area (Å²) in [5.74, 6) is -2.61. The van der Waals surface area contributed by atoms with Gasteiger partial charge in [-0.3, -0.25) is 19.1 Å². The number of hydrogen-bond acceptors (Lipinski definition) is 7. The SMILES string of the molecule is CC(C)(C)OC(=O)N1CCN(C(=O)Cn2nc(C(N)=O)c3ccccc32)C(C(=O)Nc2cccc(C(F)(F)F)n2)C1. The second-order valence-electron chi connectivity index (χ2n) is 10.3.